The molecule has 0 spiro atoms. The summed E-state index contributed by atoms with van der Waals surface area (Å²) in [7, 11) is 0. The molecule has 0 unspecified atom stereocenters. The molecule has 104 valence electrons. The Morgan fingerprint density at radius 2 is 2.30 bits per heavy atom. The lowest BCUT2D eigenvalue weighted by Gasteiger charge is -2.10. The van der Waals surface area contributed by atoms with E-state index in [-0.39, 0.29) is 10.7 Å². The number of primary amides is 1. The number of aromatic nitrogens is 2. The molecule has 0 radical (unpaired) electrons. The normalized spacial score (nSPS) is 14.2. The maximum absolute atomic E-state index is 11.4. The summed E-state index contributed by atoms with van der Waals surface area (Å²) in [5.74, 6) is 1.42. The zero-order valence-corrected chi connectivity index (χ0v) is 11.4. The number of amides is 1. The molecule has 1 amide bonds. The van der Waals surface area contributed by atoms with Gasteiger partial charge in [-0.25, -0.2) is 9.97 Å². The van der Waals surface area contributed by atoms with Gasteiger partial charge in [0.15, 0.2) is 5.69 Å². The van der Waals surface area contributed by atoms with Gasteiger partial charge >= 0.3 is 0 Å². The van der Waals surface area contributed by atoms with Crippen molar-refractivity contribution in [2.24, 2.45) is 5.73 Å². The van der Waals surface area contributed by atoms with Crippen LogP contribution in [0, 0.1) is 0 Å². The number of nitrogens with one attached hydrogen (secondary N) is 1. The lowest BCUT2D eigenvalue weighted by atomic mass is 10.3. The molecular formula is C13H13ClN4O2. The van der Waals surface area contributed by atoms with E-state index in [9.17, 15) is 4.79 Å². The fourth-order valence-corrected chi connectivity index (χ4v) is 2.10. The van der Waals surface area contributed by atoms with Crippen molar-refractivity contribution in [2.45, 2.75) is 25.3 Å². The summed E-state index contributed by atoms with van der Waals surface area (Å²) < 4.78 is 5.22. The number of anilines is 1. The number of carbonyl (C=O) groups excluding carboxylic acids is 1. The van der Waals surface area contributed by atoms with Crippen molar-refractivity contribution >= 4 is 23.3 Å². The van der Waals surface area contributed by atoms with Crippen molar-refractivity contribution in [1.29, 1.82) is 0 Å². The molecule has 2 aromatic rings. The summed E-state index contributed by atoms with van der Waals surface area (Å²) >= 11 is 6.12. The second-order valence-corrected chi connectivity index (χ2v) is 5.04. The smallest absolute Gasteiger partial charge is 0.269 e. The molecule has 0 saturated heterocycles. The summed E-state index contributed by atoms with van der Waals surface area (Å²) in [5.41, 5.74) is 5.36. The molecular weight excluding hydrogens is 280 g/mol. The Hall–Kier alpha value is -2.08. The van der Waals surface area contributed by atoms with Gasteiger partial charge in [-0.2, -0.15) is 0 Å². The molecule has 1 aliphatic carbocycles. The Kier molecular flexibility index (Phi) is 3.31. The van der Waals surface area contributed by atoms with E-state index in [0.29, 0.717) is 24.1 Å². The highest BCUT2D eigenvalue weighted by molar-refractivity contribution is 6.35. The van der Waals surface area contributed by atoms with Gasteiger partial charge in [0.1, 0.15) is 22.4 Å². The van der Waals surface area contributed by atoms with E-state index in [2.05, 4.69) is 15.3 Å². The molecule has 3 rings (SSSR count). The molecule has 1 saturated carbocycles. The second-order valence-electron chi connectivity index (χ2n) is 4.66. The molecule has 1 fully saturated rings. The Morgan fingerprint density at radius 1 is 1.50 bits per heavy atom. The summed E-state index contributed by atoms with van der Waals surface area (Å²) in [5, 5.41) is 3.20. The molecule has 3 N–H and O–H groups in total. The zero-order valence-electron chi connectivity index (χ0n) is 10.6. The van der Waals surface area contributed by atoms with E-state index in [1.165, 1.54) is 0 Å². The second kappa shape index (κ2) is 5.13. The maximum atomic E-state index is 11.4. The van der Waals surface area contributed by atoms with Crippen molar-refractivity contribution in [3.05, 3.63) is 40.7 Å². The molecule has 0 bridgehead atoms. The fraction of sp³-hybridized carbons (Fsp3) is 0.308. The van der Waals surface area contributed by atoms with Gasteiger partial charge in [0.2, 0.25) is 0 Å². The van der Waals surface area contributed by atoms with Crippen LogP contribution in [0.4, 0.5) is 5.82 Å². The quantitative estimate of drug-likeness (QED) is 0.882. The standard InChI is InChI=1S/C13H13ClN4O2/c14-9-10(11(15)19)17-12(7-3-4-7)18-13(9)16-6-8-2-1-5-20-8/h1-2,5,7H,3-4,6H2,(H2,15,19)(H,16,17,18). The van der Waals surface area contributed by atoms with Crippen LogP contribution in [0.25, 0.3) is 0 Å². The van der Waals surface area contributed by atoms with Crippen LogP contribution in [0.15, 0.2) is 22.8 Å². The molecule has 0 aliphatic heterocycles. The van der Waals surface area contributed by atoms with Gasteiger partial charge in [0.25, 0.3) is 5.91 Å². The largest absolute Gasteiger partial charge is 0.467 e. The van der Waals surface area contributed by atoms with Crippen LogP contribution in [-0.4, -0.2) is 15.9 Å². The minimum absolute atomic E-state index is 0.0607. The molecule has 0 atom stereocenters. The van der Waals surface area contributed by atoms with Gasteiger partial charge in [-0.1, -0.05) is 11.6 Å². The maximum Gasteiger partial charge on any atom is 0.269 e. The molecule has 1 aliphatic rings. The summed E-state index contributed by atoms with van der Waals surface area (Å²) in [6.45, 7) is 0.423. The van der Waals surface area contributed by atoms with Gasteiger partial charge in [-0.05, 0) is 25.0 Å². The lowest BCUT2D eigenvalue weighted by molar-refractivity contribution is 0.0995. The van der Waals surface area contributed by atoms with Crippen molar-refractivity contribution < 1.29 is 9.21 Å². The molecule has 2 aromatic heterocycles. The number of halogens is 1. The number of carbonyl (C=O) groups is 1. The SMILES string of the molecule is NC(=O)c1nc(C2CC2)nc(NCc2ccco2)c1Cl. The molecule has 6 nitrogen and oxygen atoms in total. The Balaban J connectivity index is 1.89. The van der Waals surface area contributed by atoms with Gasteiger partial charge < -0.3 is 15.5 Å². The number of nitrogens with two attached hydrogens (primary N) is 1. The molecule has 0 aromatic carbocycles. The Bertz CT molecular complexity index is 638. The number of hydrogen-bond acceptors (Lipinski definition) is 5. The van der Waals surface area contributed by atoms with Crippen molar-refractivity contribution in [3.8, 4) is 0 Å². The first-order valence-electron chi connectivity index (χ1n) is 6.28. The number of furan rings is 1. The highest BCUT2D eigenvalue weighted by Gasteiger charge is 2.29. The Labute approximate surface area is 120 Å². The first-order chi connectivity index (χ1) is 9.65. The van der Waals surface area contributed by atoms with Crippen LogP contribution >= 0.6 is 11.6 Å². The van der Waals surface area contributed by atoms with Crippen molar-refractivity contribution in [1.82, 2.24) is 9.97 Å². The monoisotopic (exact) mass is 292 g/mol. The molecule has 7 heteroatoms. The van der Waals surface area contributed by atoms with E-state index in [0.717, 1.165) is 18.6 Å². The first kappa shape index (κ1) is 12.9. The highest BCUT2D eigenvalue weighted by Crippen LogP contribution is 2.39. The topological polar surface area (TPSA) is 94.0 Å². The minimum Gasteiger partial charge on any atom is -0.467 e. The first-order valence-corrected chi connectivity index (χ1v) is 6.66. The average Bonchev–Trinajstić information content (AvgIpc) is 3.14. The fourth-order valence-electron chi connectivity index (χ4n) is 1.85. The third-order valence-electron chi connectivity index (χ3n) is 3.05. The number of rotatable bonds is 5. The molecule has 2 heterocycles. The summed E-state index contributed by atoms with van der Waals surface area (Å²) in [6, 6.07) is 3.63. The van der Waals surface area contributed by atoms with Crippen molar-refractivity contribution in [2.75, 3.05) is 5.32 Å². The average molecular weight is 293 g/mol. The zero-order chi connectivity index (χ0) is 14.1. The number of hydrogen-bond donors (Lipinski definition) is 2. The van der Waals surface area contributed by atoms with Gasteiger partial charge in [0.05, 0.1) is 12.8 Å². The third kappa shape index (κ3) is 2.60. The summed E-state index contributed by atoms with van der Waals surface area (Å²) in [4.78, 5) is 19.9. The van der Waals surface area contributed by atoms with Crippen LogP contribution in [0.2, 0.25) is 5.02 Å². The Morgan fingerprint density at radius 3 is 2.90 bits per heavy atom. The predicted molar refractivity (Wildman–Crippen MR) is 73.6 cm³/mol. The van der Waals surface area contributed by atoms with E-state index < -0.39 is 5.91 Å². The van der Waals surface area contributed by atoms with Gasteiger partial charge in [0, 0.05) is 5.92 Å². The van der Waals surface area contributed by atoms with E-state index in [1.54, 1.807) is 12.3 Å². The van der Waals surface area contributed by atoms with Gasteiger partial charge in [-0.3, -0.25) is 4.79 Å². The lowest BCUT2D eigenvalue weighted by Crippen LogP contribution is -2.17. The van der Waals surface area contributed by atoms with E-state index >= 15 is 0 Å². The molecule has 20 heavy (non-hydrogen) atoms. The van der Waals surface area contributed by atoms with Gasteiger partial charge in [-0.15, -0.1) is 0 Å². The van der Waals surface area contributed by atoms with Crippen LogP contribution < -0.4 is 11.1 Å². The van der Waals surface area contributed by atoms with E-state index in [1.807, 2.05) is 6.07 Å². The predicted octanol–water partition coefficient (Wildman–Crippen LogP) is 2.31. The van der Waals surface area contributed by atoms with Crippen LogP contribution in [0.3, 0.4) is 0 Å². The number of nitrogens with zero attached hydrogens (tertiary/aromatic N) is 2. The minimum atomic E-state index is -0.652. The third-order valence-corrected chi connectivity index (χ3v) is 3.41. The van der Waals surface area contributed by atoms with Crippen LogP contribution in [-0.2, 0) is 6.54 Å². The van der Waals surface area contributed by atoms with E-state index in [4.69, 9.17) is 21.8 Å². The van der Waals surface area contributed by atoms with Crippen LogP contribution in [0.5, 0.6) is 0 Å². The van der Waals surface area contributed by atoms with Crippen molar-refractivity contribution in [3.63, 3.8) is 0 Å². The van der Waals surface area contributed by atoms with Crippen LogP contribution in [0.1, 0.15) is 40.8 Å². The summed E-state index contributed by atoms with van der Waals surface area (Å²) in [6.07, 6.45) is 3.64. The highest BCUT2D eigenvalue weighted by atomic mass is 35.5.